The SMILES string of the molecule is Cc1c(-c2nc(-c3c(F)cccc3Cl)nn2C)csc1-c1ccc(F)c(F)c1. The predicted octanol–water partition coefficient (Wildman–Crippen LogP) is 6.26. The minimum Gasteiger partial charge on any atom is -0.248 e. The van der Waals surface area contributed by atoms with Crippen LogP contribution in [0, 0.1) is 24.4 Å². The number of nitrogens with zero attached hydrogens (tertiary/aromatic N) is 3. The largest absolute Gasteiger partial charge is 0.248 e. The topological polar surface area (TPSA) is 30.7 Å². The van der Waals surface area contributed by atoms with E-state index >= 15 is 0 Å². The molecular formula is C20H13ClF3N3S. The van der Waals surface area contributed by atoms with E-state index < -0.39 is 17.5 Å². The van der Waals surface area contributed by atoms with Crippen molar-refractivity contribution < 1.29 is 13.2 Å². The zero-order valence-electron chi connectivity index (χ0n) is 14.8. The summed E-state index contributed by atoms with van der Waals surface area (Å²) >= 11 is 7.51. The van der Waals surface area contributed by atoms with Crippen LogP contribution in [0.3, 0.4) is 0 Å². The molecule has 0 radical (unpaired) electrons. The zero-order valence-corrected chi connectivity index (χ0v) is 16.4. The van der Waals surface area contributed by atoms with Gasteiger partial charge in [0.25, 0.3) is 0 Å². The van der Waals surface area contributed by atoms with E-state index in [0.29, 0.717) is 11.4 Å². The van der Waals surface area contributed by atoms with E-state index in [9.17, 15) is 13.2 Å². The molecule has 0 aliphatic rings. The first-order chi connectivity index (χ1) is 13.4. The fourth-order valence-corrected chi connectivity index (χ4v) is 4.31. The van der Waals surface area contributed by atoms with Gasteiger partial charge in [0.1, 0.15) is 5.82 Å². The van der Waals surface area contributed by atoms with E-state index in [2.05, 4.69) is 10.1 Å². The summed E-state index contributed by atoms with van der Waals surface area (Å²) in [5.74, 6) is -1.59. The number of aromatic nitrogens is 3. The molecule has 0 saturated heterocycles. The van der Waals surface area contributed by atoms with Gasteiger partial charge in [-0.1, -0.05) is 23.7 Å². The van der Waals surface area contributed by atoms with Gasteiger partial charge in [0, 0.05) is 22.9 Å². The van der Waals surface area contributed by atoms with Crippen molar-refractivity contribution in [1.82, 2.24) is 14.8 Å². The molecule has 28 heavy (non-hydrogen) atoms. The maximum Gasteiger partial charge on any atom is 0.186 e. The smallest absolute Gasteiger partial charge is 0.186 e. The summed E-state index contributed by atoms with van der Waals surface area (Å²) in [6.45, 7) is 1.87. The summed E-state index contributed by atoms with van der Waals surface area (Å²) in [6, 6.07) is 8.19. The van der Waals surface area contributed by atoms with E-state index in [-0.39, 0.29) is 16.4 Å². The summed E-state index contributed by atoms with van der Waals surface area (Å²) in [4.78, 5) is 5.27. The summed E-state index contributed by atoms with van der Waals surface area (Å²) in [7, 11) is 1.70. The van der Waals surface area contributed by atoms with Crippen molar-refractivity contribution >= 4 is 22.9 Å². The number of thiophene rings is 1. The maximum absolute atomic E-state index is 14.2. The molecule has 0 aliphatic heterocycles. The van der Waals surface area contributed by atoms with E-state index in [1.807, 2.05) is 12.3 Å². The van der Waals surface area contributed by atoms with Crippen LogP contribution in [0.25, 0.3) is 33.2 Å². The Morgan fingerprint density at radius 2 is 1.82 bits per heavy atom. The van der Waals surface area contributed by atoms with Crippen LogP contribution in [0.4, 0.5) is 13.2 Å². The molecule has 0 aliphatic carbocycles. The molecule has 142 valence electrons. The van der Waals surface area contributed by atoms with E-state index in [0.717, 1.165) is 22.1 Å². The van der Waals surface area contributed by atoms with Gasteiger partial charge in [-0.3, -0.25) is 0 Å². The lowest BCUT2D eigenvalue weighted by molar-refractivity contribution is 0.509. The van der Waals surface area contributed by atoms with Crippen LogP contribution in [-0.2, 0) is 7.05 Å². The zero-order chi connectivity index (χ0) is 20.0. The van der Waals surface area contributed by atoms with Gasteiger partial charge in [0.05, 0.1) is 10.6 Å². The van der Waals surface area contributed by atoms with Gasteiger partial charge in [-0.05, 0) is 42.3 Å². The Labute approximate surface area is 168 Å². The van der Waals surface area contributed by atoms with Crippen LogP contribution in [0.1, 0.15) is 5.56 Å². The first-order valence-corrected chi connectivity index (χ1v) is 9.52. The van der Waals surface area contributed by atoms with Gasteiger partial charge in [-0.25, -0.2) is 22.8 Å². The fourth-order valence-electron chi connectivity index (χ4n) is 3.00. The molecule has 4 rings (SSSR count). The molecule has 0 amide bonds. The monoisotopic (exact) mass is 419 g/mol. The number of aryl methyl sites for hydroxylation is 1. The highest BCUT2D eigenvalue weighted by Gasteiger charge is 2.20. The average Bonchev–Trinajstić information content (AvgIpc) is 3.20. The molecule has 0 saturated carbocycles. The molecule has 2 aromatic carbocycles. The van der Waals surface area contributed by atoms with Gasteiger partial charge >= 0.3 is 0 Å². The molecule has 2 heterocycles. The number of halogens is 4. The lowest BCUT2D eigenvalue weighted by Gasteiger charge is -2.03. The molecule has 0 atom stereocenters. The second-order valence-corrected chi connectivity index (χ2v) is 7.50. The Morgan fingerprint density at radius 1 is 1.04 bits per heavy atom. The van der Waals surface area contributed by atoms with Gasteiger partial charge in [-0.2, -0.15) is 5.10 Å². The number of hydrogen-bond acceptors (Lipinski definition) is 3. The van der Waals surface area contributed by atoms with Crippen LogP contribution in [-0.4, -0.2) is 14.8 Å². The highest BCUT2D eigenvalue weighted by molar-refractivity contribution is 7.14. The Morgan fingerprint density at radius 3 is 2.54 bits per heavy atom. The van der Waals surface area contributed by atoms with Gasteiger partial charge < -0.3 is 0 Å². The van der Waals surface area contributed by atoms with Crippen LogP contribution < -0.4 is 0 Å². The van der Waals surface area contributed by atoms with E-state index in [4.69, 9.17) is 11.6 Å². The third-order valence-electron chi connectivity index (χ3n) is 4.41. The molecule has 3 nitrogen and oxygen atoms in total. The van der Waals surface area contributed by atoms with Gasteiger partial charge in [-0.15, -0.1) is 11.3 Å². The van der Waals surface area contributed by atoms with Crippen molar-refractivity contribution in [1.29, 1.82) is 0 Å². The molecule has 0 spiro atoms. The highest BCUT2D eigenvalue weighted by Crippen LogP contribution is 2.38. The van der Waals surface area contributed by atoms with Crippen LogP contribution in [0.15, 0.2) is 41.8 Å². The molecular weight excluding hydrogens is 407 g/mol. The van der Waals surface area contributed by atoms with Gasteiger partial charge in [0.15, 0.2) is 23.3 Å². The van der Waals surface area contributed by atoms with Crippen molar-refractivity contribution in [3.05, 3.63) is 69.8 Å². The quantitative estimate of drug-likeness (QED) is 0.392. The molecule has 0 fully saturated rings. The third-order valence-corrected chi connectivity index (χ3v) is 5.86. The van der Waals surface area contributed by atoms with Crippen LogP contribution >= 0.6 is 22.9 Å². The van der Waals surface area contributed by atoms with Gasteiger partial charge in [0.2, 0.25) is 0 Å². The minimum absolute atomic E-state index is 0.139. The first-order valence-electron chi connectivity index (χ1n) is 8.26. The van der Waals surface area contributed by atoms with E-state index in [1.54, 1.807) is 17.8 Å². The molecule has 0 unspecified atom stereocenters. The third kappa shape index (κ3) is 3.10. The second-order valence-electron chi connectivity index (χ2n) is 6.21. The van der Waals surface area contributed by atoms with Crippen LogP contribution in [0.2, 0.25) is 5.02 Å². The summed E-state index contributed by atoms with van der Waals surface area (Å²) in [6.07, 6.45) is 0. The van der Waals surface area contributed by atoms with Crippen molar-refractivity contribution in [2.24, 2.45) is 7.05 Å². The number of hydrogen-bond donors (Lipinski definition) is 0. The lowest BCUT2D eigenvalue weighted by atomic mass is 10.1. The molecule has 0 N–H and O–H groups in total. The van der Waals surface area contributed by atoms with Crippen molar-refractivity contribution in [2.45, 2.75) is 6.92 Å². The van der Waals surface area contributed by atoms with Crippen molar-refractivity contribution in [2.75, 3.05) is 0 Å². The Kier molecular flexibility index (Phi) is 4.72. The van der Waals surface area contributed by atoms with Crippen molar-refractivity contribution in [3.8, 4) is 33.2 Å². The lowest BCUT2D eigenvalue weighted by Crippen LogP contribution is -1.95. The van der Waals surface area contributed by atoms with E-state index in [1.165, 1.54) is 35.6 Å². The summed E-state index contributed by atoms with van der Waals surface area (Å²) in [5.41, 5.74) is 2.34. The highest BCUT2D eigenvalue weighted by atomic mass is 35.5. The predicted molar refractivity (Wildman–Crippen MR) is 105 cm³/mol. The minimum atomic E-state index is -0.901. The van der Waals surface area contributed by atoms with Crippen LogP contribution in [0.5, 0.6) is 0 Å². The molecule has 8 heteroatoms. The standard InChI is InChI=1S/C20H13ClF3N3S/c1-10-12(9-28-18(10)11-6-7-14(22)16(24)8-11)20-25-19(26-27(20)2)17-13(21)4-3-5-15(17)23/h3-9H,1-2H3. The Bertz CT molecular complexity index is 1180. The fraction of sp³-hybridized carbons (Fsp3) is 0.100. The molecule has 0 bridgehead atoms. The Hall–Kier alpha value is -2.64. The average molecular weight is 420 g/mol. The summed E-state index contributed by atoms with van der Waals surface area (Å²) < 4.78 is 42.6. The molecule has 2 aromatic heterocycles. The maximum atomic E-state index is 14.2. The number of rotatable bonds is 3. The second kappa shape index (κ2) is 7.07. The van der Waals surface area contributed by atoms with Crippen molar-refractivity contribution in [3.63, 3.8) is 0 Å². The first kappa shape index (κ1) is 18.7. The summed E-state index contributed by atoms with van der Waals surface area (Å²) in [5, 5.41) is 6.39. The number of benzene rings is 2. The normalized spacial score (nSPS) is 11.2. The molecule has 4 aromatic rings. The Balaban J connectivity index is 1.80.